The Hall–Kier alpha value is -2.61. The van der Waals surface area contributed by atoms with Crippen molar-refractivity contribution in [2.75, 3.05) is 0 Å². The lowest BCUT2D eigenvalue weighted by Crippen LogP contribution is -1.91. The van der Waals surface area contributed by atoms with E-state index >= 15 is 0 Å². The Bertz CT molecular complexity index is 910. The Morgan fingerprint density at radius 3 is 2.48 bits per heavy atom. The molecule has 0 unspecified atom stereocenters. The van der Waals surface area contributed by atoms with Crippen LogP contribution in [0.4, 0.5) is 0 Å². The molecule has 0 saturated heterocycles. The zero-order chi connectivity index (χ0) is 16.2. The molecule has 0 amide bonds. The first-order valence-electron chi connectivity index (χ1n) is 6.80. The van der Waals surface area contributed by atoms with Gasteiger partial charge < -0.3 is 5.11 Å². The third kappa shape index (κ3) is 3.11. The van der Waals surface area contributed by atoms with E-state index in [9.17, 15) is 10.4 Å². The fraction of sp³-hybridized carbons (Fsp3) is 0. The number of halogens is 1. The summed E-state index contributed by atoms with van der Waals surface area (Å²) in [6, 6.07) is 18.6. The van der Waals surface area contributed by atoms with Gasteiger partial charge in [0.1, 0.15) is 22.4 Å². The lowest BCUT2D eigenvalue weighted by atomic mass is 10.1. The lowest BCUT2D eigenvalue weighted by Gasteiger charge is -2.04. The van der Waals surface area contributed by atoms with Gasteiger partial charge in [-0.25, -0.2) is 4.98 Å². The van der Waals surface area contributed by atoms with E-state index in [4.69, 9.17) is 11.6 Å². The van der Waals surface area contributed by atoms with Gasteiger partial charge in [0.15, 0.2) is 0 Å². The van der Waals surface area contributed by atoms with Crippen molar-refractivity contribution in [3.8, 4) is 17.3 Å². The smallest absolute Gasteiger partial charge is 0.145 e. The quantitative estimate of drug-likeness (QED) is 0.513. The van der Waals surface area contributed by atoms with Crippen LogP contribution in [0.2, 0.25) is 5.02 Å². The Labute approximate surface area is 142 Å². The highest BCUT2D eigenvalue weighted by atomic mass is 35.5. The van der Waals surface area contributed by atoms with Gasteiger partial charge in [-0.15, -0.1) is 11.3 Å². The number of benzene rings is 2. The van der Waals surface area contributed by atoms with Gasteiger partial charge in [-0.1, -0.05) is 54.1 Å². The van der Waals surface area contributed by atoms with Gasteiger partial charge in [-0.3, -0.25) is 0 Å². The maximum Gasteiger partial charge on any atom is 0.145 e. The average Bonchev–Trinajstić information content (AvgIpc) is 3.06. The molecule has 3 rings (SSSR count). The second kappa shape index (κ2) is 6.66. The molecule has 0 bridgehead atoms. The number of nitrogens with zero attached hydrogens (tertiary/aromatic N) is 2. The van der Waals surface area contributed by atoms with Crippen LogP contribution in [-0.2, 0) is 0 Å². The van der Waals surface area contributed by atoms with Crippen molar-refractivity contribution >= 4 is 34.3 Å². The summed E-state index contributed by atoms with van der Waals surface area (Å²) < 4.78 is 0. The summed E-state index contributed by atoms with van der Waals surface area (Å²) in [4.78, 5) is 4.46. The number of aliphatic hydroxyl groups excluding tert-OH is 1. The van der Waals surface area contributed by atoms with Gasteiger partial charge >= 0.3 is 0 Å². The molecule has 5 heteroatoms. The van der Waals surface area contributed by atoms with Crippen LogP contribution < -0.4 is 0 Å². The van der Waals surface area contributed by atoms with Crippen LogP contribution in [0.25, 0.3) is 22.6 Å². The van der Waals surface area contributed by atoms with Crippen LogP contribution >= 0.6 is 22.9 Å². The van der Waals surface area contributed by atoms with Crippen molar-refractivity contribution in [2.45, 2.75) is 0 Å². The highest BCUT2D eigenvalue weighted by molar-refractivity contribution is 7.11. The molecule has 23 heavy (non-hydrogen) atoms. The van der Waals surface area contributed by atoms with Gasteiger partial charge in [-0.05, 0) is 12.1 Å². The van der Waals surface area contributed by atoms with Gasteiger partial charge in [0, 0.05) is 16.5 Å². The minimum absolute atomic E-state index is 0.116. The molecule has 1 aromatic heterocycles. The number of rotatable bonds is 3. The van der Waals surface area contributed by atoms with Crippen molar-refractivity contribution in [1.82, 2.24) is 4.98 Å². The Morgan fingerprint density at radius 2 is 1.78 bits per heavy atom. The third-order valence-electron chi connectivity index (χ3n) is 3.27. The number of aliphatic hydroxyl groups is 1. The Kier molecular flexibility index (Phi) is 4.42. The summed E-state index contributed by atoms with van der Waals surface area (Å²) in [5, 5.41) is 22.6. The first-order chi connectivity index (χ1) is 11.2. The number of nitriles is 1. The van der Waals surface area contributed by atoms with Crippen molar-refractivity contribution in [3.63, 3.8) is 0 Å². The number of aromatic nitrogens is 1. The summed E-state index contributed by atoms with van der Waals surface area (Å²) in [5.74, 6) is -0.160. The SMILES string of the molecule is N#C/C(=C(/O)c1ccccc1Cl)c1nc(-c2ccccc2)cs1. The molecule has 0 fully saturated rings. The molecule has 1 heterocycles. The molecule has 3 nitrogen and oxygen atoms in total. The molecule has 0 aliphatic carbocycles. The number of hydrogen-bond acceptors (Lipinski definition) is 4. The van der Waals surface area contributed by atoms with Crippen molar-refractivity contribution in [3.05, 3.63) is 75.6 Å². The molecule has 3 aromatic rings. The normalized spacial score (nSPS) is 11.7. The van der Waals surface area contributed by atoms with Gasteiger partial charge in [0.2, 0.25) is 0 Å². The van der Waals surface area contributed by atoms with E-state index in [0.29, 0.717) is 15.6 Å². The van der Waals surface area contributed by atoms with E-state index < -0.39 is 0 Å². The van der Waals surface area contributed by atoms with E-state index in [1.807, 2.05) is 41.8 Å². The predicted octanol–water partition coefficient (Wildman–Crippen LogP) is 5.41. The van der Waals surface area contributed by atoms with Crippen LogP contribution in [0.5, 0.6) is 0 Å². The van der Waals surface area contributed by atoms with E-state index in [2.05, 4.69) is 4.98 Å². The molecular weight excluding hydrogens is 328 g/mol. The van der Waals surface area contributed by atoms with Crippen molar-refractivity contribution in [2.24, 2.45) is 0 Å². The topological polar surface area (TPSA) is 56.9 Å². The molecular formula is C18H11ClN2OS. The van der Waals surface area contributed by atoms with Crippen LogP contribution in [0.1, 0.15) is 10.6 Å². The van der Waals surface area contributed by atoms with Crippen molar-refractivity contribution < 1.29 is 5.11 Å². The van der Waals surface area contributed by atoms with E-state index in [1.54, 1.807) is 24.3 Å². The fourth-order valence-electron chi connectivity index (χ4n) is 2.12. The monoisotopic (exact) mass is 338 g/mol. The van der Waals surface area contributed by atoms with E-state index in [0.717, 1.165) is 11.3 Å². The molecule has 112 valence electrons. The fourth-order valence-corrected chi connectivity index (χ4v) is 3.17. The van der Waals surface area contributed by atoms with Crippen molar-refractivity contribution in [1.29, 1.82) is 5.26 Å². The molecule has 1 N–H and O–H groups in total. The number of hydrogen-bond donors (Lipinski definition) is 1. The highest BCUT2D eigenvalue weighted by Crippen LogP contribution is 2.32. The standard InChI is InChI=1S/C18H11ClN2OS/c19-15-9-5-4-8-13(15)17(22)14(10-20)18-21-16(11-23-18)12-6-2-1-3-7-12/h1-9,11,22H/b17-14-. The molecule has 0 atom stereocenters. The minimum atomic E-state index is -0.160. The maximum absolute atomic E-state index is 10.4. The third-order valence-corrected chi connectivity index (χ3v) is 4.45. The van der Waals surface area contributed by atoms with E-state index in [-0.39, 0.29) is 11.3 Å². The molecule has 0 aliphatic rings. The predicted molar refractivity (Wildman–Crippen MR) is 94.1 cm³/mol. The lowest BCUT2D eigenvalue weighted by molar-refractivity contribution is 0.514. The van der Waals surface area contributed by atoms with Crippen LogP contribution in [0.15, 0.2) is 60.0 Å². The molecule has 0 spiro atoms. The van der Waals surface area contributed by atoms with Gasteiger partial charge in [0.05, 0.1) is 10.7 Å². The molecule has 0 saturated carbocycles. The Balaban J connectivity index is 2.06. The molecule has 2 aromatic carbocycles. The average molecular weight is 339 g/mol. The highest BCUT2D eigenvalue weighted by Gasteiger charge is 2.16. The zero-order valence-corrected chi connectivity index (χ0v) is 13.5. The summed E-state index contributed by atoms with van der Waals surface area (Å²) in [6.07, 6.45) is 0. The molecule has 0 aliphatic heterocycles. The summed E-state index contributed by atoms with van der Waals surface area (Å²) in [6.45, 7) is 0. The summed E-state index contributed by atoms with van der Waals surface area (Å²) >= 11 is 7.40. The minimum Gasteiger partial charge on any atom is -0.506 e. The van der Waals surface area contributed by atoms with Crippen LogP contribution in [0.3, 0.4) is 0 Å². The van der Waals surface area contributed by atoms with E-state index in [1.165, 1.54) is 11.3 Å². The number of thiazole rings is 1. The number of allylic oxidation sites excluding steroid dienone is 1. The Morgan fingerprint density at radius 1 is 1.09 bits per heavy atom. The maximum atomic E-state index is 10.4. The van der Waals surface area contributed by atoms with Crippen LogP contribution in [0, 0.1) is 11.3 Å². The first-order valence-corrected chi connectivity index (χ1v) is 8.06. The van der Waals surface area contributed by atoms with Crippen LogP contribution in [-0.4, -0.2) is 10.1 Å². The zero-order valence-electron chi connectivity index (χ0n) is 11.9. The van der Waals surface area contributed by atoms with Gasteiger partial charge in [-0.2, -0.15) is 5.26 Å². The second-order valence-electron chi connectivity index (χ2n) is 4.72. The summed E-state index contributed by atoms with van der Waals surface area (Å²) in [7, 11) is 0. The second-order valence-corrected chi connectivity index (χ2v) is 5.98. The largest absolute Gasteiger partial charge is 0.506 e. The first kappa shape index (κ1) is 15.3. The summed E-state index contributed by atoms with van der Waals surface area (Å²) in [5.41, 5.74) is 2.27. The van der Waals surface area contributed by atoms with Gasteiger partial charge in [0.25, 0.3) is 0 Å². The molecule has 0 radical (unpaired) electrons.